The number of aromatic nitrogens is 2. The van der Waals surface area contributed by atoms with Gasteiger partial charge in [0.15, 0.2) is 0 Å². The summed E-state index contributed by atoms with van der Waals surface area (Å²) < 4.78 is 33.2. The van der Waals surface area contributed by atoms with Crippen LogP contribution in [0.5, 0.6) is 5.75 Å². The van der Waals surface area contributed by atoms with Crippen LogP contribution in [0.1, 0.15) is 72.0 Å². The molecule has 7 rings (SSSR count). The standard InChI is InChI=1S/C54H63FN10O14/c1-3-79-41-25-40-52-34(29-65(40)54(76)35(41)30-66)51-37(10-9-33-31(2)36(55)24-38(63-52)50(33)51)61-44(69)13-16-56-45(70)27-60-53(75)39(23-32-7-5-4-6-8-32)62-47(72)28-59-46(71)26-58-43(68)15-19-77-21-22-78-20-17-57-42(67)14-18-64-48(73)11-12-49(64)74/h4-8,11-12,24-25,37,39,66H,3,9-10,13-23,26-30H2,1-2H3,(H,56,70)(H,57,67)(H,58,68)(H,59,71)(H,60,75)(H,61,69)(H,62,72)/t37-,39-/m0/s1. The first kappa shape index (κ1) is 58.3. The lowest BCUT2D eigenvalue weighted by Gasteiger charge is -2.29. The predicted molar refractivity (Wildman–Crippen MR) is 280 cm³/mol. The third-order valence-electron chi connectivity index (χ3n) is 13.3. The van der Waals surface area contributed by atoms with Crippen molar-refractivity contribution >= 4 is 64.1 Å². The molecule has 25 heteroatoms. The molecule has 1 aliphatic carbocycles. The van der Waals surface area contributed by atoms with Crippen molar-refractivity contribution in [2.75, 3.05) is 72.3 Å². The minimum Gasteiger partial charge on any atom is -0.493 e. The van der Waals surface area contributed by atoms with Gasteiger partial charge in [0.05, 0.1) is 94.3 Å². The number of aliphatic hydroxyl groups excluding tert-OH is 1. The number of imide groups is 1. The summed E-state index contributed by atoms with van der Waals surface area (Å²) >= 11 is 0. The first-order chi connectivity index (χ1) is 38.1. The van der Waals surface area contributed by atoms with Gasteiger partial charge in [0, 0.05) is 80.6 Å². The number of benzene rings is 2. The largest absolute Gasteiger partial charge is 0.493 e. The fourth-order valence-corrected chi connectivity index (χ4v) is 9.35. The number of rotatable bonds is 29. The number of hydrogen-bond acceptors (Lipinski definition) is 15. The molecule has 2 aliphatic heterocycles. The summed E-state index contributed by atoms with van der Waals surface area (Å²) in [5.74, 6) is -5.08. The Morgan fingerprint density at radius 1 is 0.772 bits per heavy atom. The van der Waals surface area contributed by atoms with Crippen LogP contribution in [-0.4, -0.2) is 151 Å². The number of amides is 9. The number of ether oxygens (including phenoxy) is 3. The van der Waals surface area contributed by atoms with E-state index in [1.54, 1.807) is 50.2 Å². The van der Waals surface area contributed by atoms with Gasteiger partial charge in [-0.2, -0.15) is 0 Å². The number of halogens is 1. The molecular weight excluding hydrogens is 1030 g/mol. The second-order valence-electron chi connectivity index (χ2n) is 18.6. The van der Waals surface area contributed by atoms with Crippen molar-refractivity contribution in [1.29, 1.82) is 0 Å². The van der Waals surface area contributed by atoms with E-state index in [1.165, 1.54) is 10.6 Å². The molecule has 4 aromatic rings. The van der Waals surface area contributed by atoms with E-state index in [9.17, 15) is 53.1 Å². The van der Waals surface area contributed by atoms with E-state index in [-0.39, 0.29) is 102 Å². The van der Waals surface area contributed by atoms with Crippen LogP contribution in [0.15, 0.2) is 59.4 Å². The molecule has 0 unspecified atom stereocenters. The Balaban J connectivity index is 0.809. The summed E-state index contributed by atoms with van der Waals surface area (Å²) in [5.41, 5.74) is 4.21. The Hall–Kier alpha value is -8.42. The maximum Gasteiger partial charge on any atom is 0.260 e. The Labute approximate surface area is 452 Å². The lowest BCUT2D eigenvalue weighted by molar-refractivity contribution is -0.137. The summed E-state index contributed by atoms with van der Waals surface area (Å²) in [7, 11) is 0. The lowest BCUT2D eigenvalue weighted by Crippen LogP contribution is -2.52. The molecule has 0 saturated carbocycles. The maximum atomic E-state index is 15.3. The summed E-state index contributed by atoms with van der Waals surface area (Å²) in [5, 5.41) is 29.0. The average Bonchev–Trinajstić information content (AvgIpc) is 4.19. The second-order valence-corrected chi connectivity index (χ2v) is 18.6. The van der Waals surface area contributed by atoms with Crippen LogP contribution in [0.25, 0.3) is 22.3 Å². The highest BCUT2D eigenvalue weighted by atomic mass is 19.1. The Kier molecular flexibility index (Phi) is 20.5. The van der Waals surface area contributed by atoms with Crippen LogP contribution in [0.4, 0.5) is 4.39 Å². The highest BCUT2D eigenvalue weighted by Gasteiger charge is 2.35. The summed E-state index contributed by atoms with van der Waals surface area (Å²) in [6, 6.07) is 10.0. The molecular formula is C54H63FN10O14. The topological polar surface area (TPSA) is 324 Å². The van der Waals surface area contributed by atoms with Gasteiger partial charge in [0.1, 0.15) is 17.6 Å². The van der Waals surface area contributed by atoms with E-state index in [1.807, 2.05) is 0 Å². The smallest absolute Gasteiger partial charge is 0.260 e. The quantitative estimate of drug-likeness (QED) is 0.0217. The molecule has 2 aromatic carbocycles. The van der Waals surface area contributed by atoms with Gasteiger partial charge in [0.2, 0.25) is 41.4 Å². The number of fused-ring (bicyclic) bond motifs is 4. The SMILES string of the molecule is CCOc1cc2n(c(=O)c1CO)Cc1c-2nc2cc(F)c(C)c3c2c1[C@@H](NC(=O)CCNC(=O)CNC(=O)[C@H](Cc1ccccc1)NC(=O)CNC(=O)CNC(=O)CCOCCOCCNC(=O)CCN1C(=O)C=CC1=O)CC3. The molecule has 24 nitrogen and oxygen atoms in total. The number of nitrogens with zero attached hydrogens (tertiary/aromatic N) is 3. The average molecular weight is 1100 g/mol. The Bertz CT molecular complexity index is 3080. The van der Waals surface area contributed by atoms with Gasteiger partial charge in [-0.1, -0.05) is 30.3 Å². The van der Waals surface area contributed by atoms with E-state index in [2.05, 4.69) is 37.2 Å². The van der Waals surface area contributed by atoms with Gasteiger partial charge in [-0.15, -0.1) is 0 Å². The maximum absolute atomic E-state index is 15.3. The van der Waals surface area contributed by atoms with Crippen LogP contribution in [0.2, 0.25) is 0 Å². The van der Waals surface area contributed by atoms with Crippen LogP contribution in [-0.2, 0) is 78.6 Å². The van der Waals surface area contributed by atoms with E-state index in [4.69, 9.17) is 19.2 Å². The van der Waals surface area contributed by atoms with Gasteiger partial charge in [0.25, 0.3) is 17.4 Å². The van der Waals surface area contributed by atoms with Gasteiger partial charge in [-0.25, -0.2) is 9.37 Å². The van der Waals surface area contributed by atoms with E-state index < -0.39 is 97.0 Å². The van der Waals surface area contributed by atoms with Crippen molar-refractivity contribution < 1.29 is 66.9 Å². The zero-order valence-electron chi connectivity index (χ0n) is 43.8. The van der Waals surface area contributed by atoms with Crippen molar-refractivity contribution in [3.8, 4) is 17.1 Å². The lowest BCUT2D eigenvalue weighted by atomic mass is 9.81. The molecule has 8 N–H and O–H groups in total. The zero-order chi connectivity index (χ0) is 56.6. The summed E-state index contributed by atoms with van der Waals surface area (Å²) in [4.78, 5) is 132. The first-order valence-corrected chi connectivity index (χ1v) is 25.9. The molecule has 0 fully saturated rings. The molecule has 9 amide bonds. The molecule has 4 heterocycles. The van der Waals surface area contributed by atoms with Gasteiger partial charge < -0.3 is 61.1 Å². The first-order valence-electron chi connectivity index (χ1n) is 25.9. The highest BCUT2D eigenvalue weighted by molar-refractivity contribution is 6.13. The third kappa shape index (κ3) is 15.2. The molecule has 0 radical (unpaired) electrons. The van der Waals surface area contributed by atoms with E-state index in [0.29, 0.717) is 57.4 Å². The van der Waals surface area contributed by atoms with Crippen LogP contribution in [0, 0.1) is 12.7 Å². The van der Waals surface area contributed by atoms with Crippen molar-refractivity contribution in [3.63, 3.8) is 0 Å². The van der Waals surface area contributed by atoms with E-state index in [0.717, 1.165) is 22.6 Å². The molecule has 2 aromatic heterocycles. The normalized spacial score (nSPS) is 14.3. The molecule has 0 spiro atoms. The highest BCUT2D eigenvalue weighted by Crippen LogP contribution is 2.45. The fourth-order valence-electron chi connectivity index (χ4n) is 9.35. The molecule has 2 atom stereocenters. The number of nitrogens with one attached hydrogen (secondary N) is 7. The molecule has 79 heavy (non-hydrogen) atoms. The van der Waals surface area contributed by atoms with Crippen LogP contribution < -0.4 is 47.5 Å². The van der Waals surface area contributed by atoms with Gasteiger partial charge >= 0.3 is 0 Å². The number of hydrogen-bond donors (Lipinski definition) is 8. The number of aliphatic hydroxyl groups is 1. The number of carbonyl (C=O) groups is 9. The predicted octanol–water partition coefficient (Wildman–Crippen LogP) is -0.696. The second kappa shape index (κ2) is 27.8. The Morgan fingerprint density at radius 2 is 1.44 bits per heavy atom. The van der Waals surface area contributed by atoms with E-state index >= 15 is 4.39 Å². The Morgan fingerprint density at radius 3 is 2.18 bits per heavy atom. The zero-order valence-corrected chi connectivity index (χ0v) is 43.8. The van der Waals surface area contributed by atoms with Gasteiger partial charge in [-0.3, -0.25) is 52.8 Å². The third-order valence-corrected chi connectivity index (χ3v) is 13.3. The summed E-state index contributed by atoms with van der Waals surface area (Å²) in [6.45, 7) is 2.40. The van der Waals surface area contributed by atoms with Gasteiger partial charge in [-0.05, 0) is 48.9 Å². The summed E-state index contributed by atoms with van der Waals surface area (Å²) in [6.07, 6.45) is 2.93. The fraction of sp³-hybridized carbons (Fsp3) is 0.426. The van der Waals surface area contributed by atoms with Crippen molar-refractivity contribution in [3.05, 3.63) is 104 Å². The number of aryl methyl sites for hydroxylation is 1. The molecule has 420 valence electrons. The number of carbonyl (C=O) groups excluding carboxylic acids is 9. The van der Waals surface area contributed by atoms with Crippen molar-refractivity contribution in [2.45, 2.75) is 77.6 Å². The minimum atomic E-state index is -1.16. The molecule has 0 bridgehead atoms. The van der Waals surface area contributed by atoms with Crippen molar-refractivity contribution in [2.24, 2.45) is 0 Å². The minimum absolute atomic E-state index is 0.0233. The van der Waals surface area contributed by atoms with Crippen LogP contribution in [0.3, 0.4) is 0 Å². The monoisotopic (exact) mass is 1090 g/mol. The molecule has 0 saturated heterocycles. The van der Waals surface area contributed by atoms with Crippen molar-refractivity contribution in [1.82, 2.24) is 51.7 Å². The molecule has 3 aliphatic rings. The van der Waals surface area contributed by atoms with Crippen LogP contribution >= 0.6 is 0 Å². The number of pyridine rings is 2.